The number of hydrogen-bond donors (Lipinski definition) is 0. The fraction of sp³-hybridized carbons (Fsp3) is 0. The lowest BCUT2D eigenvalue weighted by molar-refractivity contribution is 1.12. The van der Waals surface area contributed by atoms with Crippen molar-refractivity contribution in [2.24, 2.45) is 0 Å². The normalized spacial score (nSPS) is 11.8. The number of rotatable bonds is 9. The molecule has 0 saturated heterocycles. The van der Waals surface area contributed by atoms with E-state index in [9.17, 15) is 0 Å². The van der Waals surface area contributed by atoms with Crippen molar-refractivity contribution in [2.75, 3.05) is 4.90 Å². The van der Waals surface area contributed by atoms with Crippen molar-refractivity contribution < 1.29 is 0 Å². The van der Waals surface area contributed by atoms with Crippen molar-refractivity contribution in [3.05, 3.63) is 249 Å². The van der Waals surface area contributed by atoms with Crippen molar-refractivity contribution in [3.8, 4) is 28.2 Å². The molecule has 0 aliphatic heterocycles. The molecule has 12 rings (SSSR count). The third-order valence-electron chi connectivity index (χ3n) is 12.6. The van der Waals surface area contributed by atoms with Crippen LogP contribution in [0.5, 0.6) is 0 Å². The summed E-state index contributed by atoms with van der Waals surface area (Å²) in [5.74, 6) is 0. The Morgan fingerprint density at radius 1 is 0.359 bits per heavy atom. The minimum Gasteiger partial charge on any atom is -0.316 e. The van der Waals surface area contributed by atoms with E-state index in [1.807, 2.05) is 12.2 Å². The molecule has 9 aromatic carbocycles. The Labute approximate surface area is 371 Å². The highest BCUT2D eigenvalue weighted by Gasteiger charge is 2.18. The molecule has 0 aliphatic rings. The third-order valence-corrected chi connectivity index (χ3v) is 12.6. The van der Waals surface area contributed by atoms with Gasteiger partial charge in [-0.05, 0) is 120 Å². The maximum Gasteiger partial charge on any atom is 0.0541 e. The second-order valence-corrected chi connectivity index (χ2v) is 16.3. The number of fused-ring (bicyclic) bond motifs is 7. The number of hydrogen-bond acceptors (Lipinski definition) is 1. The van der Waals surface area contributed by atoms with Crippen molar-refractivity contribution in [1.29, 1.82) is 0 Å². The monoisotopic (exact) mass is 818 g/mol. The van der Waals surface area contributed by atoms with E-state index in [0.29, 0.717) is 0 Å². The number of benzene rings is 9. The highest BCUT2D eigenvalue weighted by atomic mass is 15.1. The van der Waals surface area contributed by atoms with Gasteiger partial charge in [-0.1, -0.05) is 134 Å². The molecular weight excluding hydrogens is 777 g/mol. The van der Waals surface area contributed by atoms with Crippen LogP contribution in [0.1, 0.15) is 5.56 Å². The van der Waals surface area contributed by atoms with Gasteiger partial charge in [0.1, 0.15) is 0 Å². The molecule has 0 aliphatic carbocycles. The van der Waals surface area contributed by atoms with E-state index >= 15 is 0 Å². The fourth-order valence-electron chi connectivity index (χ4n) is 9.70. The van der Waals surface area contributed by atoms with Gasteiger partial charge in [0.2, 0.25) is 0 Å². The van der Waals surface area contributed by atoms with Crippen LogP contribution in [0.25, 0.3) is 88.8 Å². The molecule has 12 aromatic rings. The summed E-state index contributed by atoms with van der Waals surface area (Å²) in [6.07, 6.45) is 8.14. The molecule has 64 heavy (non-hydrogen) atoms. The minimum absolute atomic E-state index is 1.07. The molecule has 0 atom stereocenters. The molecule has 0 unspecified atom stereocenters. The standard InChI is InChI=1S/C60H42N4/c1-2-3-15-44-41-61(56-22-11-7-18-51(44)56)45-31-33-48(34-32-45)62(49-35-37-50(38-36-49)64-57-23-12-8-19-52(57)53-20-9-13-24-58(53)64)47-29-26-42(27-30-47)43-28-39-60-55(40-43)54-21-10-14-25-59(54)63(60)46-16-5-4-6-17-46/h2-41H,1H2/b15-3-. The van der Waals surface area contributed by atoms with E-state index in [0.717, 1.165) is 45.2 Å². The Hall–Kier alpha value is -8.60. The van der Waals surface area contributed by atoms with Gasteiger partial charge >= 0.3 is 0 Å². The average Bonchev–Trinajstić information content (AvgIpc) is 4.02. The molecule has 0 fully saturated rings. The Bertz CT molecular complexity index is 3660. The summed E-state index contributed by atoms with van der Waals surface area (Å²) < 4.78 is 7.01. The summed E-state index contributed by atoms with van der Waals surface area (Å²) >= 11 is 0. The van der Waals surface area contributed by atoms with Gasteiger partial charge in [0.05, 0.1) is 27.6 Å². The molecule has 4 heteroatoms. The number of nitrogens with zero attached hydrogens (tertiary/aromatic N) is 4. The topological polar surface area (TPSA) is 18.0 Å². The van der Waals surface area contributed by atoms with E-state index in [1.165, 1.54) is 60.1 Å². The Balaban J connectivity index is 0.952. The summed E-state index contributed by atoms with van der Waals surface area (Å²) in [4.78, 5) is 2.35. The van der Waals surface area contributed by atoms with Crippen molar-refractivity contribution >= 4 is 77.7 Å². The zero-order valence-corrected chi connectivity index (χ0v) is 35.1. The number of anilines is 3. The molecular formula is C60H42N4. The van der Waals surface area contributed by atoms with Crippen LogP contribution in [0, 0.1) is 0 Å². The lowest BCUT2D eigenvalue weighted by atomic mass is 10.0. The van der Waals surface area contributed by atoms with E-state index < -0.39 is 0 Å². The highest BCUT2D eigenvalue weighted by Crippen LogP contribution is 2.40. The Morgan fingerprint density at radius 3 is 1.38 bits per heavy atom. The summed E-state index contributed by atoms with van der Waals surface area (Å²) in [7, 11) is 0. The molecule has 3 aromatic heterocycles. The fourth-order valence-corrected chi connectivity index (χ4v) is 9.70. The van der Waals surface area contributed by atoms with E-state index in [1.54, 1.807) is 0 Å². The van der Waals surface area contributed by atoms with E-state index in [2.05, 4.69) is 256 Å². The Kier molecular flexibility index (Phi) is 8.94. The number of para-hydroxylation sites is 5. The van der Waals surface area contributed by atoms with Gasteiger partial charge in [0.25, 0.3) is 0 Å². The van der Waals surface area contributed by atoms with Crippen LogP contribution in [0.4, 0.5) is 17.1 Å². The SMILES string of the molecule is C=C/C=C\c1cn(-c2ccc(N(c3ccc(-c4ccc5c(c4)c4ccccc4n5-c4ccccc4)cc3)c3ccc(-n4c5ccccc5c5ccccc54)cc3)cc2)c2ccccc12. The first-order valence-corrected chi connectivity index (χ1v) is 21.8. The van der Waals surface area contributed by atoms with Gasteiger partial charge in [0.15, 0.2) is 0 Å². The first-order valence-electron chi connectivity index (χ1n) is 21.8. The van der Waals surface area contributed by atoms with Gasteiger partial charge in [0, 0.05) is 72.8 Å². The van der Waals surface area contributed by atoms with Crippen LogP contribution in [0.15, 0.2) is 243 Å². The molecule has 302 valence electrons. The summed E-state index contributed by atoms with van der Waals surface area (Å²) in [5.41, 5.74) is 16.1. The quantitative estimate of drug-likeness (QED) is 0.133. The highest BCUT2D eigenvalue weighted by molar-refractivity contribution is 6.11. The van der Waals surface area contributed by atoms with Crippen LogP contribution < -0.4 is 4.90 Å². The second kappa shape index (κ2) is 15.4. The van der Waals surface area contributed by atoms with Gasteiger partial charge in [-0.25, -0.2) is 0 Å². The summed E-state index contributed by atoms with van der Waals surface area (Å²) in [5, 5.41) is 6.20. The predicted octanol–water partition coefficient (Wildman–Crippen LogP) is 16.2. The maximum atomic E-state index is 3.89. The van der Waals surface area contributed by atoms with Crippen LogP contribution in [-0.2, 0) is 0 Å². The second-order valence-electron chi connectivity index (χ2n) is 16.3. The number of allylic oxidation sites excluding steroid dienone is 2. The average molecular weight is 819 g/mol. The molecule has 0 radical (unpaired) electrons. The van der Waals surface area contributed by atoms with Crippen molar-refractivity contribution in [3.63, 3.8) is 0 Å². The summed E-state index contributed by atoms with van der Waals surface area (Å²) in [6, 6.07) is 79.0. The molecule has 4 nitrogen and oxygen atoms in total. The third kappa shape index (κ3) is 6.15. The maximum absolute atomic E-state index is 3.89. The molecule has 0 amide bonds. The number of aromatic nitrogens is 3. The van der Waals surface area contributed by atoms with Crippen molar-refractivity contribution in [2.45, 2.75) is 0 Å². The van der Waals surface area contributed by atoms with Gasteiger partial charge in [-0.2, -0.15) is 0 Å². The largest absolute Gasteiger partial charge is 0.316 e. The lowest BCUT2D eigenvalue weighted by Gasteiger charge is -2.26. The van der Waals surface area contributed by atoms with Crippen LogP contribution in [0.2, 0.25) is 0 Å². The molecule has 3 heterocycles. The molecule has 0 bridgehead atoms. The first kappa shape index (κ1) is 37.2. The first-order chi connectivity index (χ1) is 31.7. The van der Waals surface area contributed by atoms with Gasteiger partial charge in [-0.3, -0.25) is 0 Å². The lowest BCUT2D eigenvalue weighted by Crippen LogP contribution is -2.10. The zero-order valence-electron chi connectivity index (χ0n) is 35.1. The molecule has 0 N–H and O–H groups in total. The van der Waals surface area contributed by atoms with Crippen LogP contribution in [0.3, 0.4) is 0 Å². The molecule has 0 saturated carbocycles. The zero-order chi connectivity index (χ0) is 42.6. The van der Waals surface area contributed by atoms with E-state index in [-0.39, 0.29) is 0 Å². The molecule has 0 spiro atoms. The Morgan fingerprint density at radius 2 is 0.797 bits per heavy atom. The van der Waals surface area contributed by atoms with Crippen molar-refractivity contribution in [1.82, 2.24) is 13.7 Å². The predicted molar refractivity (Wildman–Crippen MR) is 271 cm³/mol. The van der Waals surface area contributed by atoms with Gasteiger partial charge < -0.3 is 18.6 Å². The summed E-state index contributed by atoms with van der Waals surface area (Å²) in [6.45, 7) is 3.89. The van der Waals surface area contributed by atoms with Crippen LogP contribution >= 0.6 is 0 Å². The smallest absolute Gasteiger partial charge is 0.0541 e. The van der Waals surface area contributed by atoms with E-state index in [4.69, 9.17) is 0 Å². The van der Waals surface area contributed by atoms with Crippen LogP contribution in [-0.4, -0.2) is 13.7 Å². The minimum atomic E-state index is 1.07. The van der Waals surface area contributed by atoms with Gasteiger partial charge in [-0.15, -0.1) is 0 Å².